The Bertz CT molecular complexity index is 386. The predicted octanol–water partition coefficient (Wildman–Crippen LogP) is 3.67. The molecule has 0 aliphatic heterocycles. The minimum Gasteiger partial charge on any atom is -0.495 e. The molecule has 0 bridgehead atoms. The lowest BCUT2D eigenvalue weighted by Gasteiger charge is -2.28. The van der Waals surface area contributed by atoms with Crippen LogP contribution in [-0.4, -0.2) is 20.2 Å². The zero-order chi connectivity index (χ0) is 13.0. The molecule has 1 aliphatic rings. The van der Waals surface area contributed by atoms with Crippen LogP contribution in [0.4, 0.5) is 0 Å². The fourth-order valence-electron chi connectivity index (χ4n) is 2.83. The van der Waals surface area contributed by atoms with E-state index in [0.29, 0.717) is 0 Å². The molecule has 1 saturated carbocycles. The van der Waals surface area contributed by atoms with Crippen molar-refractivity contribution in [3.63, 3.8) is 0 Å². The van der Waals surface area contributed by atoms with E-state index in [4.69, 9.17) is 16.3 Å². The molecule has 2 rings (SSSR count). The Balaban J connectivity index is 1.92. The van der Waals surface area contributed by atoms with Crippen molar-refractivity contribution in [2.45, 2.75) is 38.1 Å². The number of nitrogens with one attached hydrogen (secondary N) is 1. The number of hydrogen-bond acceptors (Lipinski definition) is 2. The van der Waals surface area contributed by atoms with Crippen LogP contribution in [-0.2, 0) is 6.42 Å². The molecule has 0 spiro atoms. The van der Waals surface area contributed by atoms with E-state index in [1.54, 1.807) is 7.11 Å². The summed E-state index contributed by atoms with van der Waals surface area (Å²) >= 11 is 6.16. The van der Waals surface area contributed by atoms with Crippen LogP contribution in [0.2, 0.25) is 5.02 Å². The molecule has 0 unspecified atom stereocenters. The van der Waals surface area contributed by atoms with Crippen LogP contribution in [0, 0.1) is 5.92 Å². The number of rotatable bonds is 4. The lowest BCUT2D eigenvalue weighted by atomic mass is 9.82. The van der Waals surface area contributed by atoms with E-state index < -0.39 is 0 Å². The molecule has 1 fully saturated rings. The Morgan fingerprint density at radius 1 is 1.28 bits per heavy atom. The van der Waals surface area contributed by atoms with Crippen molar-refractivity contribution in [2.24, 2.45) is 5.92 Å². The maximum absolute atomic E-state index is 6.16. The van der Waals surface area contributed by atoms with Crippen LogP contribution in [0.1, 0.15) is 31.2 Å². The van der Waals surface area contributed by atoms with E-state index in [9.17, 15) is 0 Å². The van der Waals surface area contributed by atoms with E-state index in [1.165, 1.54) is 31.2 Å². The van der Waals surface area contributed by atoms with Gasteiger partial charge in [-0.1, -0.05) is 17.7 Å². The van der Waals surface area contributed by atoms with Crippen LogP contribution in [0.5, 0.6) is 5.75 Å². The van der Waals surface area contributed by atoms with Gasteiger partial charge in [0, 0.05) is 6.04 Å². The van der Waals surface area contributed by atoms with Gasteiger partial charge in [-0.05, 0) is 62.8 Å². The van der Waals surface area contributed by atoms with Crippen molar-refractivity contribution in [1.29, 1.82) is 0 Å². The Hall–Kier alpha value is -0.730. The zero-order valence-electron chi connectivity index (χ0n) is 11.2. The maximum atomic E-state index is 6.16. The van der Waals surface area contributed by atoms with Gasteiger partial charge >= 0.3 is 0 Å². The first kappa shape index (κ1) is 13.7. The lowest BCUT2D eigenvalue weighted by Crippen LogP contribution is -2.30. The van der Waals surface area contributed by atoms with Crippen molar-refractivity contribution in [1.82, 2.24) is 5.32 Å². The SMILES string of the molecule is CNC1CCC(Cc2ccc(OC)c(Cl)c2)CC1. The summed E-state index contributed by atoms with van der Waals surface area (Å²) in [6.45, 7) is 0. The number of ether oxygens (including phenoxy) is 1. The highest BCUT2D eigenvalue weighted by atomic mass is 35.5. The molecule has 1 aromatic carbocycles. The van der Waals surface area contributed by atoms with E-state index >= 15 is 0 Å². The van der Waals surface area contributed by atoms with Crippen LogP contribution < -0.4 is 10.1 Å². The van der Waals surface area contributed by atoms with Gasteiger partial charge in [-0.15, -0.1) is 0 Å². The molecule has 1 N–H and O–H groups in total. The molecule has 0 saturated heterocycles. The number of methoxy groups -OCH3 is 1. The fourth-order valence-corrected chi connectivity index (χ4v) is 3.11. The third kappa shape index (κ3) is 3.39. The normalized spacial score (nSPS) is 23.9. The predicted molar refractivity (Wildman–Crippen MR) is 76.5 cm³/mol. The number of hydrogen-bond donors (Lipinski definition) is 1. The molecule has 2 nitrogen and oxygen atoms in total. The molecule has 3 heteroatoms. The van der Waals surface area contributed by atoms with E-state index in [2.05, 4.69) is 18.4 Å². The van der Waals surface area contributed by atoms with Gasteiger partial charge in [-0.25, -0.2) is 0 Å². The number of halogens is 1. The summed E-state index contributed by atoms with van der Waals surface area (Å²) in [4.78, 5) is 0. The lowest BCUT2D eigenvalue weighted by molar-refractivity contribution is 0.300. The molecule has 0 atom stereocenters. The fraction of sp³-hybridized carbons (Fsp3) is 0.600. The van der Waals surface area contributed by atoms with E-state index in [0.717, 1.165) is 29.2 Å². The van der Waals surface area contributed by atoms with Crippen LogP contribution >= 0.6 is 11.6 Å². The third-order valence-corrected chi connectivity index (χ3v) is 4.29. The number of benzene rings is 1. The topological polar surface area (TPSA) is 21.3 Å². The molecular weight excluding hydrogens is 246 g/mol. The molecular formula is C15H22ClNO. The molecule has 1 aromatic rings. The Morgan fingerprint density at radius 3 is 2.56 bits per heavy atom. The molecule has 0 aromatic heterocycles. The summed E-state index contributed by atoms with van der Waals surface area (Å²) in [5.41, 5.74) is 1.33. The van der Waals surface area contributed by atoms with Crippen LogP contribution in [0.15, 0.2) is 18.2 Å². The van der Waals surface area contributed by atoms with Gasteiger partial charge in [0.25, 0.3) is 0 Å². The second-order valence-electron chi connectivity index (χ2n) is 5.18. The Morgan fingerprint density at radius 2 is 2.00 bits per heavy atom. The van der Waals surface area contributed by atoms with Gasteiger partial charge < -0.3 is 10.1 Å². The van der Waals surface area contributed by atoms with Crippen LogP contribution in [0.25, 0.3) is 0 Å². The largest absolute Gasteiger partial charge is 0.495 e. The van der Waals surface area contributed by atoms with Gasteiger partial charge in [-0.2, -0.15) is 0 Å². The summed E-state index contributed by atoms with van der Waals surface area (Å²) in [6.07, 6.45) is 6.36. The zero-order valence-corrected chi connectivity index (χ0v) is 12.0. The monoisotopic (exact) mass is 267 g/mol. The van der Waals surface area contributed by atoms with Gasteiger partial charge in [0.15, 0.2) is 0 Å². The summed E-state index contributed by atoms with van der Waals surface area (Å²) in [5, 5.41) is 4.10. The Kier molecular flexibility index (Phi) is 4.90. The van der Waals surface area contributed by atoms with Crippen molar-refractivity contribution < 1.29 is 4.74 Å². The smallest absolute Gasteiger partial charge is 0.137 e. The van der Waals surface area contributed by atoms with Crippen molar-refractivity contribution >= 4 is 11.6 Å². The average molecular weight is 268 g/mol. The third-order valence-electron chi connectivity index (χ3n) is 4.00. The maximum Gasteiger partial charge on any atom is 0.137 e. The second kappa shape index (κ2) is 6.44. The molecule has 1 aliphatic carbocycles. The first-order valence-corrected chi connectivity index (χ1v) is 7.10. The quantitative estimate of drug-likeness (QED) is 0.899. The molecule has 18 heavy (non-hydrogen) atoms. The summed E-state index contributed by atoms with van der Waals surface area (Å²) in [6, 6.07) is 6.87. The average Bonchev–Trinajstić information content (AvgIpc) is 2.40. The van der Waals surface area contributed by atoms with Crippen molar-refractivity contribution in [3.05, 3.63) is 28.8 Å². The molecule has 0 radical (unpaired) electrons. The van der Waals surface area contributed by atoms with E-state index in [1.807, 2.05) is 12.1 Å². The summed E-state index contributed by atoms with van der Waals surface area (Å²) in [5.74, 6) is 1.57. The highest BCUT2D eigenvalue weighted by molar-refractivity contribution is 6.32. The molecule has 0 heterocycles. The first-order valence-electron chi connectivity index (χ1n) is 6.72. The first-order chi connectivity index (χ1) is 8.72. The highest BCUT2D eigenvalue weighted by Gasteiger charge is 2.20. The van der Waals surface area contributed by atoms with Crippen molar-refractivity contribution in [3.8, 4) is 5.75 Å². The molecule has 100 valence electrons. The summed E-state index contributed by atoms with van der Waals surface area (Å²) in [7, 11) is 3.72. The van der Waals surface area contributed by atoms with Gasteiger partial charge in [0.2, 0.25) is 0 Å². The van der Waals surface area contributed by atoms with Gasteiger partial charge in [-0.3, -0.25) is 0 Å². The Labute approximate surface area is 115 Å². The second-order valence-corrected chi connectivity index (χ2v) is 5.59. The minimum absolute atomic E-state index is 0.721. The van der Waals surface area contributed by atoms with Gasteiger partial charge in [0.1, 0.15) is 5.75 Å². The standard InChI is InChI=1S/C15H22ClNO/c1-17-13-6-3-11(4-7-13)9-12-5-8-15(18-2)14(16)10-12/h5,8,10-11,13,17H,3-4,6-7,9H2,1-2H3. The summed E-state index contributed by atoms with van der Waals surface area (Å²) < 4.78 is 5.18. The molecule has 0 amide bonds. The highest BCUT2D eigenvalue weighted by Crippen LogP contribution is 2.30. The minimum atomic E-state index is 0.721. The van der Waals surface area contributed by atoms with E-state index in [-0.39, 0.29) is 0 Å². The van der Waals surface area contributed by atoms with Crippen LogP contribution in [0.3, 0.4) is 0 Å². The van der Waals surface area contributed by atoms with Gasteiger partial charge in [0.05, 0.1) is 12.1 Å². The van der Waals surface area contributed by atoms with Crippen molar-refractivity contribution in [2.75, 3.05) is 14.2 Å².